The number of pyridine rings is 1. The Labute approximate surface area is 144 Å². The molecule has 8 heteroatoms. The second-order valence-corrected chi connectivity index (χ2v) is 8.56. The molecule has 0 bridgehead atoms. The Morgan fingerprint density at radius 1 is 1.38 bits per heavy atom. The molecule has 0 radical (unpaired) electrons. The summed E-state index contributed by atoms with van der Waals surface area (Å²) in [6.07, 6.45) is 3.84. The number of aromatic nitrogens is 1. The van der Waals surface area contributed by atoms with Gasteiger partial charge >= 0.3 is 0 Å². The second-order valence-electron chi connectivity index (χ2n) is 6.33. The quantitative estimate of drug-likeness (QED) is 0.763. The number of sulfone groups is 1. The van der Waals surface area contributed by atoms with Crippen LogP contribution in [-0.2, 0) is 9.84 Å². The second kappa shape index (κ2) is 7.94. The third kappa shape index (κ3) is 4.91. The van der Waals surface area contributed by atoms with E-state index in [9.17, 15) is 13.2 Å². The summed E-state index contributed by atoms with van der Waals surface area (Å²) >= 11 is 0. The molecule has 1 amide bonds. The molecule has 0 aliphatic carbocycles. The summed E-state index contributed by atoms with van der Waals surface area (Å²) in [7, 11) is 0.944. The van der Waals surface area contributed by atoms with E-state index in [0.717, 1.165) is 12.2 Å². The minimum Gasteiger partial charge on any atom is -0.367 e. The lowest BCUT2D eigenvalue weighted by atomic mass is 10.1. The summed E-state index contributed by atoms with van der Waals surface area (Å²) < 4.78 is 23.5. The maximum Gasteiger partial charge on any atom is 0.252 e. The Morgan fingerprint density at radius 2 is 2.12 bits per heavy atom. The van der Waals surface area contributed by atoms with E-state index < -0.39 is 9.84 Å². The first-order valence-electron chi connectivity index (χ1n) is 8.17. The monoisotopic (exact) mass is 354 g/mol. The zero-order chi connectivity index (χ0) is 17.7. The smallest absolute Gasteiger partial charge is 0.252 e. The van der Waals surface area contributed by atoms with Crippen molar-refractivity contribution in [2.45, 2.75) is 19.4 Å². The molecule has 1 aromatic heterocycles. The van der Waals surface area contributed by atoms with Crippen LogP contribution in [0.5, 0.6) is 0 Å². The van der Waals surface area contributed by atoms with Crippen LogP contribution in [0.3, 0.4) is 0 Å². The first-order valence-corrected chi connectivity index (χ1v) is 9.99. The van der Waals surface area contributed by atoms with Gasteiger partial charge < -0.3 is 15.1 Å². The Morgan fingerprint density at radius 3 is 2.71 bits per heavy atom. The number of hydrogen-bond donors (Lipinski definition) is 1. The summed E-state index contributed by atoms with van der Waals surface area (Å²) in [6.45, 7) is 3.98. The van der Waals surface area contributed by atoms with Crippen molar-refractivity contribution >= 4 is 21.4 Å². The molecule has 1 fully saturated rings. The number of nitrogens with zero attached hydrogens (tertiary/aromatic N) is 3. The summed E-state index contributed by atoms with van der Waals surface area (Å²) in [6, 6.07) is 1.74. The molecule has 24 heavy (non-hydrogen) atoms. The molecule has 2 heterocycles. The van der Waals surface area contributed by atoms with Crippen LogP contribution >= 0.6 is 0 Å². The summed E-state index contributed by atoms with van der Waals surface area (Å²) in [5.41, 5.74) is 1.28. The molecule has 1 saturated heterocycles. The van der Waals surface area contributed by atoms with Gasteiger partial charge in [-0.2, -0.15) is 0 Å². The van der Waals surface area contributed by atoms with Crippen LogP contribution < -0.4 is 10.2 Å². The number of amides is 1. The molecule has 0 saturated carbocycles. The topological polar surface area (TPSA) is 82.6 Å². The number of likely N-dealkylation sites (N-methyl/N-ethyl adjacent to an activating group) is 1. The summed E-state index contributed by atoms with van der Waals surface area (Å²) in [4.78, 5) is 20.4. The van der Waals surface area contributed by atoms with Crippen molar-refractivity contribution in [1.29, 1.82) is 0 Å². The van der Waals surface area contributed by atoms with Gasteiger partial charge in [0.05, 0.1) is 29.0 Å². The van der Waals surface area contributed by atoms with Crippen LogP contribution in [0.15, 0.2) is 18.5 Å². The van der Waals surface area contributed by atoms with Gasteiger partial charge in [-0.3, -0.25) is 9.78 Å². The summed E-state index contributed by atoms with van der Waals surface area (Å²) in [5, 5.41) is 2.86. The molecule has 1 unspecified atom stereocenters. The van der Waals surface area contributed by atoms with Gasteiger partial charge in [-0.1, -0.05) is 0 Å². The van der Waals surface area contributed by atoms with E-state index in [1.54, 1.807) is 12.3 Å². The molecule has 0 aromatic carbocycles. The molecule has 1 N–H and O–H groups in total. The van der Waals surface area contributed by atoms with Crippen molar-refractivity contribution in [2.24, 2.45) is 0 Å². The average molecular weight is 354 g/mol. The number of hydrogen-bond acceptors (Lipinski definition) is 6. The largest absolute Gasteiger partial charge is 0.367 e. The molecule has 0 spiro atoms. The lowest BCUT2D eigenvalue weighted by Crippen LogP contribution is -2.36. The van der Waals surface area contributed by atoms with Crippen LogP contribution in [0.2, 0.25) is 0 Å². The Bertz CT molecular complexity index is 676. The van der Waals surface area contributed by atoms with Crippen molar-refractivity contribution < 1.29 is 13.2 Å². The first kappa shape index (κ1) is 18.7. The number of carbonyl (C=O) groups excluding carboxylic acids is 1. The Kier molecular flexibility index (Phi) is 6.17. The molecular weight excluding hydrogens is 328 g/mol. The van der Waals surface area contributed by atoms with E-state index in [2.05, 4.69) is 10.3 Å². The maximum absolute atomic E-state index is 12.2. The van der Waals surface area contributed by atoms with Gasteiger partial charge in [-0.15, -0.1) is 0 Å². The number of anilines is 1. The number of rotatable bonds is 7. The Balaban J connectivity index is 2.09. The normalized spacial score (nSPS) is 19.4. The van der Waals surface area contributed by atoms with Crippen molar-refractivity contribution in [2.75, 3.05) is 50.1 Å². The van der Waals surface area contributed by atoms with Crippen LogP contribution in [0, 0.1) is 0 Å². The van der Waals surface area contributed by atoms with Crippen molar-refractivity contribution in [3.63, 3.8) is 0 Å². The highest BCUT2D eigenvalue weighted by molar-refractivity contribution is 7.91. The molecular formula is C16H26N4O3S. The van der Waals surface area contributed by atoms with E-state index in [0.29, 0.717) is 25.1 Å². The molecule has 1 atom stereocenters. The molecule has 1 aliphatic heterocycles. The van der Waals surface area contributed by atoms with Gasteiger partial charge in [0.15, 0.2) is 9.84 Å². The minimum absolute atomic E-state index is 0.0474. The molecule has 1 aliphatic rings. The van der Waals surface area contributed by atoms with E-state index in [1.807, 2.05) is 30.8 Å². The molecule has 134 valence electrons. The predicted molar refractivity (Wildman–Crippen MR) is 95.2 cm³/mol. The molecule has 2 rings (SSSR count). The molecule has 1 aromatic rings. The van der Waals surface area contributed by atoms with Crippen LogP contribution in [-0.4, -0.2) is 75.5 Å². The highest BCUT2D eigenvalue weighted by Gasteiger charge is 2.32. The standard InChI is InChI=1S/C16H26N4O3S/c1-4-20(14-5-8-24(22,23)12-14)15-9-13(10-17-11-15)16(21)18-6-7-19(2)3/h9-11,14H,4-8,12H2,1-3H3,(H,18,21). The van der Waals surface area contributed by atoms with Gasteiger partial charge in [0.2, 0.25) is 0 Å². The van der Waals surface area contributed by atoms with Crippen LogP contribution in [0.25, 0.3) is 0 Å². The maximum atomic E-state index is 12.2. The van der Waals surface area contributed by atoms with Crippen molar-refractivity contribution in [3.8, 4) is 0 Å². The summed E-state index contributed by atoms with van der Waals surface area (Å²) in [5.74, 6) is 0.230. The first-order chi connectivity index (χ1) is 11.3. The number of carbonyl (C=O) groups is 1. The minimum atomic E-state index is -2.95. The van der Waals surface area contributed by atoms with Gasteiger partial charge in [-0.05, 0) is 33.5 Å². The fourth-order valence-corrected chi connectivity index (χ4v) is 4.61. The highest BCUT2D eigenvalue weighted by Crippen LogP contribution is 2.24. The fraction of sp³-hybridized carbons (Fsp3) is 0.625. The van der Waals surface area contributed by atoms with Crippen molar-refractivity contribution in [1.82, 2.24) is 15.2 Å². The highest BCUT2D eigenvalue weighted by atomic mass is 32.2. The third-order valence-corrected chi connectivity index (χ3v) is 5.90. The number of nitrogens with one attached hydrogen (secondary N) is 1. The SMILES string of the molecule is CCN(c1cncc(C(=O)NCCN(C)C)c1)C1CCS(=O)(=O)C1. The third-order valence-electron chi connectivity index (χ3n) is 4.15. The average Bonchev–Trinajstić information content (AvgIpc) is 2.88. The predicted octanol–water partition coefficient (Wildman–Crippen LogP) is 0.386. The zero-order valence-corrected chi connectivity index (χ0v) is 15.3. The Hall–Kier alpha value is -1.67. The van der Waals surface area contributed by atoms with Crippen molar-refractivity contribution in [3.05, 3.63) is 24.0 Å². The van der Waals surface area contributed by atoms with E-state index in [4.69, 9.17) is 0 Å². The van der Waals surface area contributed by atoms with Gasteiger partial charge in [0.1, 0.15) is 0 Å². The van der Waals surface area contributed by atoms with E-state index >= 15 is 0 Å². The van der Waals surface area contributed by atoms with Gasteiger partial charge in [0.25, 0.3) is 5.91 Å². The van der Waals surface area contributed by atoms with Crippen LogP contribution in [0.4, 0.5) is 5.69 Å². The fourth-order valence-electron chi connectivity index (χ4n) is 2.88. The van der Waals surface area contributed by atoms with Crippen LogP contribution in [0.1, 0.15) is 23.7 Å². The zero-order valence-electron chi connectivity index (χ0n) is 14.5. The lowest BCUT2D eigenvalue weighted by molar-refractivity contribution is 0.0950. The van der Waals surface area contributed by atoms with Gasteiger partial charge in [-0.25, -0.2) is 8.42 Å². The van der Waals surface area contributed by atoms with Gasteiger partial charge in [0, 0.05) is 31.9 Å². The molecule has 7 nitrogen and oxygen atoms in total. The lowest BCUT2D eigenvalue weighted by Gasteiger charge is -2.29. The van der Waals surface area contributed by atoms with E-state index in [1.165, 1.54) is 6.20 Å². The van der Waals surface area contributed by atoms with E-state index in [-0.39, 0.29) is 23.5 Å².